The number of benzene rings is 1. The van der Waals surface area contributed by atoms with Crippen LogP contribution >= 0.6 is 0 Å². The van der Waals surface area contributed by atoms with Gasteiger partial charge in [0, 0.05) is 5.56 Å². The lowest BCUT2D eigenvalue weighted by molar-refractivity contribution is 0.281. The van der Waals surface area contributed by atoms with Gasteiger partial charge in [-0.1, -0.05) is 25.3 Å². The van der Waals surface area contributed by atoms with E-state index in [9.17, 15) is 0 Å². The van der Waals surface area contributed by atoms with E-state index >= 15 is 0 Å². The van der Waals surface area contributed by atoms with Crippen molar-refractivity contribution in [2.75, 3.05) is 7.11 Å². The second-order valence-electron chi connectivity index (χ2n) is 2.86. The first-order valence-corrected chi connectivity index (χ1v) is 4.33. The number of aliphatic hydroxyl groups is 1. The molecule has 0 aliphatic rings. The van der Waals surface area contributed by atoms with Crippen molar-refractivity contribution in [3.05, 3.63) is 42.0 Å². The van der Waals surface area contributed by atoms with Crippen molar-refractivity contribution in [2.24, 2.45) is 0 Å². The summed E-state index contributed by atoms with van der Waals surface area (Å²) in [5.41, 5.74) is 2.59. The highest BCUT2D eigenvalue weighted by atomic mass is 16.5. The van der Waals surface area contributed by atoms with E-state index in [0.29, 0.717) is 0 Å². The minimum Gasteiger partial charge on any atom is -0.496 e. The Morgan fingerprint density at radius 2 is 1.93 bits per heavy atom. The standard InChI is InChI=1S/C12H14O2/c1-4-9-7-12(14-3)10(5-2)6-11(9)8-13/h4-7,13H,1-2,8H2,3H3. The van der Waals surface area contributed by atoms with E-state index in [4.69, 9.17) is 9.84 Å². The second kappa shape index (κ2) is 4.63. The summed E-state index contributed by atoms with van der Waals surface area (Å²) in [6, 6.07) is 3.69. The average Bonchev–Trinajstić information content (AvgIpc) is 2.26. The first-order valence-electron chi connectivity index (χ1n) is 4.33. The highest BCUT2D eigenvalue weighted by molar-refractivity contribution is 5.64. The molecule has 0 amide bonds. The molecule has 0 bridgehead atoms. The van der Waals surface area contributed by atoms with Gasteiger partial charge in [0.2, 0.25) is 0 Å². The summed E-state index contributed by atoms with van der Waals surface area (Å²) in [6.45, 7) is 7.35. The SMILES string of the molecule is C=Cc1cc(OC)c(C=C)cc1CO. The monoisotopic (exact) mass is 190 g/mol. The summed E-state index contributed by atoms with van der Waals surface area (Å²) < 4.78 is 5.18. The van der Waals surface area contributed by atoms with Gasteiger partial charge in [-0.15, -0.1) is 0 Å². The Hall–Kier alpha value is -1.54. The zero-order valence-electron chi connectivity index (χ0n) is 8.29. The van der Waals surface area contributed by atoms with Gasteiger partial charge in [0.15, 0.2) is 0 Å². The quantitative estimate of drug-likeness (QED) is 0.790. The summed E-state index contributed by atoms with van der Waals surface area (Å²) in [4.78, 5) is 0. The minimum atomic E-state index is -0.00775. The van der Waals surface area contributed by atoms with Gasteiger partial charge in [-0.25, -0.2) is 0 Å². The van der Waals surface area contributed by atoms with Crippen molar-refractivity contribution in [1.29, 1.82) is 0 Å². The molecule has 0 spiro atoms. The summed E-state index contributed by atoms with van der Waals surface area (Å²) in [5, 5.41) is 9.11. The van der Waals surface area contributed by atoms with E-state index in [1.54, 1.807) is 19.3 Å². The van der Waals surface area contributed by atoms with Crippen LogP contribution in [0.15, 0.2) is 25.3 Å². The number of methoxy groups -OCH3 is 1. The molecule has 1 rings (SSSR count). The Bertz CT molecular complexity index is 318. The van der Waals surface area contributed by atoms with Gasteiger partial charge in [-0.3, -0.25) is 0 Å². The average molecular weight is 190 g/mol. The predicted octanol–water partition coefficient (Wildman–Crippen LogP) is 2.47. The van der Waals surface area contributed by atoms with Crippen molar-refractivity contribution in [3.63, 3.8) is 0 Å². The van der Waals surface area contributed by atoms with Crippen molar-refractivity contribution in [2.45, 2.75) is 6.61 Å². The van der Waals surface area contributed by atoms with Gasteiger partial charge in [-0.2, -0.15) is 0 Å². The van der Waals surface area contributed by atoms with Crippen molar-refractivity contribution < 1.29 is 9.84 Å². The van der Waals surface area contributed by atoms with Gasteiger partial charge in [0.25, 0.3) is 0 Å². The molecule has 14 heavy (non-hydrogen) atoms. The molecule has 0 saturated carbocycles. The van der Waals surface area contributed by atoms with Gasteiger partial charge in [0.1, 0.15) is 5.75 Å². The second-order valence-corrected chi connectivity index (χ2v) is 2.86. The van der Waals surface area contributed by atoms with Crippen LogP contribution in [-0.4, -0.2) is 12.2 Å². The lowest BCUT2D eigenvalue weighted by atomic mass is 10.0. The molecule has 74 valence electrons. The molecule has 0 fully saturated rings. The Balaban J connectivity index is 3.34. The Morgan fingerprint density at radius 3 is 2.36 bits per heavy atom. The van der Waals surface area contributed by atoms with Crippen LogP contribution in [0.25, 0.3) is 12.2 Å². The van der Waals surface area contributed by atoms with Gasteiger partial charge >= 0.3 is 0 Å². The maximum absolute atomic E-state index is 9.11. The third-order valence-corrected chi connectivity index (χ3v) is 2.10. The molecule has 0 heterocycles. The van der Waals surface area contributed by atoms with Crippen molar-refractivity contribution >= 4 is 12.2 Å². The lowest BCUT2D eigenvalue weighted by Crippen LogP contribution is -1.94. The zero-order valence-corrected chi connectivity index (χ0v) is 8.29. The summed E-state index contributed by atoms with van der Waals surface area (Å²) in [7, 11) is 1.60. The maximum Gasteiger partial charge on any atom is 0.126 e. The van der Waals surface area contributed by atoms with Crippen LogP contribution in [0.5, 0.6) is 5.75 Å². The fourth-order valence-electron chi connectivity index (χ4n) is 1.32. The highest BCUT2D eigenvalue weighted by Crippen LogP contribution is 2.25. The molecule has 2 nitrogen and oxygen atoms in total. The fourth-order valence-corrected chi connectivity index (χ4v) is 1.32. The molecule has 2 heteroatoms. The largest absolute Gasteiger partial charge is 0.496 e. The highest BCUT2D eigenvalue weighted by Gasteiger charge is 2.05. The van der Waals surface area contributed by atoms with Gasteiger partial charge < -0.3 is 9.84 Å². The zero-order chi connectivity index (χ0) is 10.6. The molecule has 0 unspecified atom stereocenters. The molecule has 1 aromatic carbocycles. The third kappa shape index (κ3) is 1.86. The Labute approximate surface area is 84.1 Å². The third-order valence-electron chi connectivity index (χ3n) is 2.10. The van der Waals surface area contributed by atoms with Crippen molar-refractivity contribution in [1.82, 2.24) is 0 Å². The van der Waals surface area contributed by atoms with Gasteiger partial charge in [0.05, 0.1) is 13.7 Å². The predicted molar refractivity (Wildman–Crippen MR) is 59.1 cm³/mol. The van der Waals surface area contributed by atoms with E-state index < -0.39 is 0 Å². The first-order chi connectivity index (χ1) is 6.76. The molecule has 1 aromatic rings. The summed E-state index contributed by atoms with van der Waals surface area (Å²) in [6.07, 6.45) is 3.39. The van der Waals surface area contributed by atoms with Gasteiger partial charge in [-0.05, 0) is 23.3 Å². The summed E-state index contributed by atoms with van der Waals surface area (Å²) >= 11 is 0. The number of ether oxygens (including phenoxy) is 1. The topological polar surface area (TPSA) is 29.5 Å². The normalized spacial score (nSPS) is 9.57. The van der Waals surface area contributed by atoms with E-state index in [0.717, 1.165) is 22.4 Å². The van der Waals surface area contributed by atoms with Crippen LogP contribution < -0.4 is 4.74 Å². The number of aliphatic hydroxyl groups excluding tert-OH is 1. The van der Waals surface area contributed by atoms with Crippen LogP contribution in [0, 0.1) is 0 Å². The van der Waals surface area contributed by atoms with Crippen LogP contribution in [0.2, 0.25) is 0 Å². The van der Waals surface area contributed by atoms with E-state index in [-0.39, 0.29) is 6.61 Å². The van der Waals surface area contributed by atoms with Crippen LogP contribution in [-0.2, 0) is 6.61 Å². The number of hydrogen-bond donors (Lipinski definition) is 1. The molecule has 1 N–H and O–H groups in total. The molecule has 0 aromatic heterocycles. The molecular weight excluding hydrogens is 176 g/mol. The Kier molecular flexibility index (Phi) is 3.48. The van der Waals surface area contributed by atoms with E-state index in [2.05, 4.69) is 13.2 Å². The lowest BCUT2D eigenvalue weighted by Gasteiger charge is -2.09. The van der Waals surface area contributed by atoms with E-state index in [1.807, 2.05) is 12.1 Å². The van der Waals surface area contributed by atoms with Crippen LogP contribution in [0.4, 0.5) is 0 Å². The number of hydrogen-bond acceptors (Lipinski definition) is 2. The van der Waals surface area contributed by atoms with E-state index in [1.165, 1.54) is 0 Å². The van der Waals surface area contributed by atoms with Crippen molar-refractivity contribution in [3.8, 4) is 5.75 Å². The molecule has 0 aliphatic heterocycles. The minimum absolute atomic E-state index is 0.00775. The first kappa shape index (κ1) is 10.5. The molecule has 0 saturated heterocycles. The van der Waals surface area contributed by atoms with Crippen LogP contribution in [0.1, 0.15) is 16.7 Å². The number of rotatable bonds is 4. The maximum atomic E-state index is 9.11. The Morgan fingerprint density at radius 1 is 1.29 bits per heavy atom. The van der Waals surface area contributed by atoms with Crippen LogP contribution in [0.3, 0.4) is 0 Å². The molecule has 0 atom stereocenters. The molecule has 0 aliphatic carbocycles. The summed E-state index contributed by atoms with van der Waals surface area (Å²) in [5.74, 6) is 0.743. The fraction of sp³-hybridized carbons (Fsp3) is 0.167. The smallest absolute Gasteiger partial charge is 0.126 e. The molecular formula is C12H14O2. The molecule has 0 radical (unpaired) electrons.